The number of nitrogens with zero attached hydrogens (tertiary/aromatic N) is 2. The van der Waals surface area contributed by atoms with Gasteiger partial charge >= 0.3 is 0 Å². The molecule has 0 unspecified atom stereocenters. The van der Waals surface area contributed by atoms with E-state index in [2.05, 4.69) is 22.4 Å². The molecular formula is C18H26N4O3S. The second-order valence-electron chi connectivity index (χ2n) is 5.84. The first kappa shape index (κ1) is 20.1. The van der Waals surface area contributed by atoms with Crippen molar-refractivity contribution in [2.45, 2.75) is 32.7 Å². The topological polar surface area (TPSA) is 81.2 Å². The first-order valence-electron chi connectivity index (χ1n) is 8.79. The lowest BCUT2D eigenvalue weighted by Gasteiger charge is -2.09. The van der Waals surface area contributed by atoms with Crippen LogP contribution in [0.4, 0.5) is 0 Å². The molecule has 7 nitrogen and oxygen atoms in total. The molecule has 0 radical (unpaired) electrons. The van der Waals surface area contributed by atoms with Crippen LogP contribution in [-0.4, -0.2) is 47.5 Å². The van der Waals surface area contributed by atoms with Gasteiger partial charge in [-0.15, -0.1) is 0 Å². The maximum Gasteiger partial charge on any atom is 0.240 e. The fourth-order valence-corrected chi connectivity index (χ4v) is 2.57. The molecule has 0 saturated heterocycles. The molecule has 1 heterocycles. The number of benzene rings is 1. The highest BCUT2D eigenvalue weighted by molar-refractivity contribution is 7.71. The summed E-state index contributed by atoms with van der Waals surface area (Å²) in [4.78, 5) is 12.2. The van der Waals surface area contributed by atoms with E-state index in [1.54, 1.807) is 11.7 Å². The van der Waals surface area contributed by atoms with Crippen molar-refractivity contribution >= 4 is 18.1 Å². The van der Waals surface area contributed by atoms with E-state index in [-0.39, 0.29) is 12.5 Å². The predicted molar refractivity (Wildman–Crippen MR) is 103 cm³/mol. The van der Waals surface area contributed by atoms with Gasteiger partial charge in [0.05, 0.1) is 7.11 Å². The highest BCUT2D eigenvalue weighted by atomic mass is 32.1. The van der Waals surface area contributed by atoms with Gasteiger partial charge in [0.1, 0.15) is 12.3 Å². The lowest BCUT2D eigenvalue weighted by molar-refractivity contribution is -0.121. The van der Waals surface area contributed by atoms with Gasteiger partial charge in [0, 0.05) is 25.3 Å². The lowest BCUT2D eigenvalue weighted by Crippen LogP contribution is -2.29. The molecule has 142 valence electrons. The SMILES string of the molecule is CCCCOCCCNC(=O)Cn1c(-c2ccc(OC)cc2)n[nH]c1=S. The van der Waals surface area contributed by atoms with Crippen LogP contribution in [0, 0.1) is 4.77 Å². The maximum absolute atomic E-state index is 12.2. The predicted octanol–water partition coefficient (Wildman–Crippen LogP) is 2.94. The van der Waals surface area contributed by atoms with E-state index in [1.165, 1.54) is 0 Å². The molecule has 0 bridgehead atoms. The Morgan fingerprint density at radius 2 is 2.00 bits per heavy atom. The van der Waals surface area contributed by atoms with Crippen LogP contribution < -0.4 is 10.1 Å². The number of nitrogens with one attached hydrogen (secondary N) is 2. The van der Waals surface area contributed by atoms with E-state index >= 15 is 0 Å². The van der Waals surface area contributed by atoms with Crippen LogP contribution in [0.15, 0.2) is 24.3 Å². The third-order valence-corrected chi connectivity index (χ3v) is 4.15. The number of hydrogen-bond donors (Lipinski definition) is 2. The van der Waals surface area contributed by atoms with Gasteiger partial charge in [0.15, 0.2) is 10.6 Å². The summed E-state index contributed by atoms with van der Waals surface area (Å²) in [7, 11) is 1.62. The fraction of sp³-hybridized carbons (Fsp3) is 0.500. The van der Waals surface area contributed by atoms with Gasteiger partial charge in [-0.25, -0.2) is 0 Å². The number of rotatable bonds is 11. The Morgan fingerprint density at radius 1 is 1.27 bits per heavy atom. The van der Waals surface area contributed by atoms with E-state index in [0.29, 0.717) is 23.7 Å². The van der Waals surface area contributed by atoms with E-state index in [0.717, 1.165) is 37.2 Å². The lowest BCUT2D eigenvalue weighted by atomic mass is 10.2. The first-order valence-corrected chi connectivity index (χ1v) is 9.20. The minimum absolute atomic E-state index is 0.106. The van der Waals surface area contributed by atoms with Crippen molar-refractivity contribution in [2.75, 3.05) is 26.9 Å². The minimum Gasteiger partial charge on any atom is -0.497 e. The number of carbonyl (C=O) groups is 1. The van der Waals surface area contributed by atoms with Gasteiger partial charge in [-0.05, 0) is 49.3 Å². The first-order chi connectivity index (χ1) is 12.7. The van der Waals surface area contributed by atoms with Crippen LogP contribution >= 0.6 is 12.2 Å². The third kappa shape index (κ3) is 5.96. The van der Waals surface area contributed by atoms with Crippen LogP contribution in [0.1, 0.15) is 26.2 Å². The molecule has 2 aromatic rings. The van der Waals surface area contributed by atoms with E-state index in [1.807, 2.05) is 24.3 Å². The zero-order chi connectivity index (χ0) is 18.8. The summed E-state index contributed by atoms with van der Waals surface area (Å²) in [6.45, 7) is 4.26. The molecule has 8 heteroatoms. The Balaban J connectivity index is 1.88. The Kier molecular flexibility index (Phi) is 8.30. The molecule has 0 atom stereocenters. The van der Waals surface area contributed by atoms with Gasteiger partial charge in [-0.2, -0.15) is 5.10 Å². The Morgan fingerprint density at radius 3 is 2.69 bits per heavy atom. The summed E-state index contributed by atoms with van der Waals surface area (Å²) in [5.41, 5.74) is 0.857. The standard InChI is InChI=1S/C18H26N4O3S/c1-3-4-11-25-12-5-10-19-16(23)13-22-17(20-21-18(22)26)14-6-8-15(24-2)9-7-14/h6-9H,3-5,10-13H2,1-2H3,(H,19,23)(H,21,26). The summed E-state index contributed by atoms with van der Waals surface area (Å²) in [6.07, 6.45) is 2.98. The zero-order valence-electron chi connectivity index (χ0n) is 15.3. The zero-order valence-corrected chi connectivity index (χ0v) is 16.1. The van der Waals surface area contributed by atoms with Crippen LogP contribution in [-0.2, 0) is 16.1 Å². The average molecular weight is 378 g/mol. The van der Waals surface area contributed by atoms with Crippen molar-refractivity contribution < 1.29 is 14.3 Å². The third-order valence-electron chi connectivity index (χ3n) is 3.84. The van der Waals surface area contributed by atoms with Crippen molar-refractivity contribution in [1.29, 1.82) is 0 Å². The number of H-pyrrole nitrogens is 1. The Hall–Kier alpha value is -2.19. The number of amides is 1. The number of methoxy groups -OCH3 is 1. The fourth-order valence-electron chi connectivity index (χ4n) is 2.37. The molecule has 0 saturated carbocycles. The number of unbranched alkanes of at least 4 members (excludes halogenated alkanes) is 1. The molecule has 1 aromatic heterocycles. The van der Waals surface area contributed by atoms with Crippen LogP contribution in [0.2, 0.25) is 0 Å². The van der Waals surface area contributed by atoms with Crippen molar-refractivity contribution in [1.82, 2.24) is 20.1 Å². The number of carbonyl (C=O) groups excluding carboxylic acids is 1. The molecule has 1 aromatic carbocycles. The van der Waals surface area contributed by atoms with E-state index in [9.17, 15) is 4.79 Å². The van der Waals surface area contributed by atoms with Gasteiger partial charge in [0.2, 0.25) is 5.91 Å². The molecule has 0 aliphatic carbocycles. The second-order valence-corrected chi connectivity index (χ2v) is 6.22. The van der Waals surface area contributed by atoms with E-state index in [4.69, 9.17) is 21.7 Å². The minimum atomic E-state index is -0.106. The van der Waals surface area contributed by atoms with Crippen molar-refractivity contribution in [3.63, 3.8) is 0 Å². The number of aromatic amines is 1. The van der Waals surface area contributed by atoms with Crippen molar-refractivity contribution in [3.05, 3.63) is 29.0 Å². The second kappa shape index (κ2) is 10.7. The molecule has 1 amide bonds. The molecule has 0 aliphatic heterocycles. The number of hydrogen-bond acceptors (Lipinski definition) is 5. The van der Waals surface area contributed by atoms with Crippen LogP contribution in [0.5, 0.6) is 5.75 Å². The number of ether oxygens (including phenoxy) is 2. The average Bonchev–Trinajstić information content (AvgIpc) is 3.01. The summed E-state index contributed by atoms with van der Waals surface area (Å²) >= 11 is 5.25. The Labute approximate surface area is 158 Å². The van der Waals surface area contributed by atoms with Gasteiger partial charge < -0.3 is 14.8 Å². The van der Waals surface area contributed by atoms with Crippen LogP contribution in [0.25, 0.3) is 11.4 Å². The largest absolute Gasteiger partial charge is 0.497 e. The monoisotopic (exact) mass is 378 g/mol. The highest BCUT2D eigenvalue weighted by Crippen LogP contribution is 2.20. The quantitative estimate of drug-likeness (QED) is 0.464. The summed E-state index contributed by atoms with van der Waals surface area (Å²) in [5, 5.41) is 9.88. The molecule has 2 N–H and O–H groups in total. The van der Waals surface area contributed by atoms with Gasteiger partial charge in [-0.1, -0.05) is 13.3 Å². The van der Waals surface area contributed by atoms with E-state index < -0.39 is 0 Å². The normalized spacial score (nSPS) is 10.7. The molecule has 26 heavy (non-hydrogen) atoms. The molecule has 0 fully saturated rings. The Bertz CT molecular complexity index is 740. The summed E-state index contributed by atoms with van der Waals surface area (Å²) in [6, 6.07) is 7.45. The maximum atomic E-state index is 12.2. The van der Waals surface area contributed by atoms with Gasteiger partial charge in [-0.3, -0.25) is 14.5 Å². The summed E-state index contributed by atoms with van der Waals surface area (Å²) < 4.78 is 12.7. The highest BCUT2D eigenvalue weighted by Gasteiger charge is 2.12. The van der Waals surface area contributed by atoms with Gasteiger partial charge in [0.25, 0.3) is 0 Å². The molecule has 0 spiro atoms. The molecule has 2 rings (SSSR count). The van der Waals surface area contributed by atoms with Crippen molar-refractivity contribution in [3.8, 4) is 17.1 Å². The number of aromatic nitrogens is 3. The molecular weight excluding hydrogens is 352 g/mol. The molecule has 0 aliphatic rings. The van der Waals surface area contributed by atoms with Crippen molar-refractivity contribution in [2.24, 2.45) is 0 Å². The summed E-state index contributed by atoms with van der Waals surface area (Å²) in [5.74, 6) is 1.27. The van der Waals surface area contributed by atoms with Crippen LogP contribution in [0.3, 0.4) is 0 Å². The smallest absolute Gasteiger partial charge is 0.240 e.